The van der Waals surface area contributed by atoms with Gasteiger partial charge in [-0.1, -0.05) is 18.5 Å². The highest BCUT2D eigenvalue weighted by atomic mass is 35.5. The monoisotopic (exact) mass is 156 g/mol. The highest BCUT2D eigenvalue weighted by molar-refractivity contribution is 6.31. The van der Waals surface area contributed by atoms with Crippen molar-refractivity contribution in [1.29, 1.82) is 0 Å². The van der Waals surface area contributed by atoms with Crippen LogP contribution in [0.25, 0.3) is 0 Å². The first-order chi connectivity index (χ1) is 4.67. The van der Waals surface area contributed by atoms with Crippen molar-refractivity contribution in [1.82, 2.24) is 0 Å². The molecule has 0 N–H and O–H groups in total. The topological polar surface area (TPSA) is 17.1 Å². The van der Waals surface area contributed by atoms with Crippen LogP contribution < -0.4 is 0 Å². The fourth-order valence-corrected chi connectivity index (χ4v) is 2.36. The Bertz CT molecular complexity index is 231. The molecule has 0 spiro atoms. The van der Waals surface area contributed by atoms with Gasteiger partial charge in [0.05, 0.1) is 0 Å². The van der Waals surface area contributed by atoms with Gasteiger partial charge in [0.25, 0.3) is 0 Å². The predicted octanol–water partition coefficient (Wildman–Crippen LogP) is 2.11. The normalized spacial score (nSPS) is 43.6. The summed E-state index contributed by atoms with van der Waals surface area (Å²) >= 11 is 5.84. The van der Waals surface area contributed by atoms with Gasteiger partial charge in [0.15, 0.2) is 0 Å². The molecular formula is C8H9ClO. The number of halogens is 1. The van der Waals surface area contributed by atoms with Gasteiger partial charge in [0.2, 0.25) is 0 Å². The van der Waals surface area contributed by atoms with Crippen LogP contribution in [0.4, 0.5) is 0 Å². The lowest BCUT2D eigenvalue weighted by Crippen LogP contribution is -1.89. The first-order valence-corrected chi connectivity index (χ1v) is 3.89. The van der Waals surface area contributed by atoms with Crippen LogP contribution in [0.2, 0.25) is 0 Å². The minimum atomic E-state index is 0.368. The average Bonchev–Trinajstić information content (AvgIpc) is 2.38. The number of carbonyl (C=O) groups is 1. The molecule has 0 bridgehead atoms. The lowest BCUT2D eigenvalue weighted by molar-refractivity contribution is -0.105. The van der Waals surface area contributed by atoms with E-state index in [2.05, 4.69) is 6.92 Å². The Morgan fingerprint density at radius 3 is 2.80 bits per heavy atom. The van der Waals surface area contributed by atoms with Crippen LogP contribution in [-0.4, -0.2) is 6.29 Å². The van der Waals surface area contributed by atoms with E-state index in [4.69, 9.17) is 11.6 Å². The highest BCUT2D eigenvalue weighted by Gasteiger charge is 2.56. The van der Waals surface area contributed by atoms with Crippen LogP contribution >= 0.6 is 11.6 Å². The van der Waals surface area contributed by atoms with Crippen molar-refractivity contribution in [2.24, 2.45) is 11.3 Å². The molecule has 1 nitrogen and oxygen atoms in total. The van der Waals surface area contributed by atoms with Crippen molar-refractivity contribution >= 4 is 17.9 Å². The van der Waals surface area contributed by atoms with Crippen LogP contribution in [0, 0.1) is 11.3 Å². The van der Waals surface area contributed by atoms with Crippen LogP contribution in [0.3, 0.4) is 0 Å². The Labute approximate surface area is 65.1 Å². The van der Waals surface area contributed by atoms with Gasteiger partial charge in [-0.3, -0.25) is 4.79 Å². The Hall–Kier alpha value is -0.300. The number of hydrogen-bond acceptors (Lipinski definition) is 1. The van der Waals surface area contributed by atoms with Crippen molar-refractivity contribution in [3.63, 3.8) is 0 Å². The summed E-state index contributed by atoms with van der Waals surface area (Å²) in [6, 6.07) is 0. The van der Waals surface area contributed by atoms with E-state index >= 15 is 0 Å². The molecule has 0 aromatic heterocycles. The van der Waals surface area contributed by atoms with Gasteiger partial charge in [-0.05, 0) is 24.2 Å². The van der Waals surface area contributed by atoms with Gasteiger partial charge in [-0.2, -0.15) is 0 Å². The van der Waals surface area contributed by atoms with Gasteiger partial charge < -0.3 is 0 Å². The molecule has 54 valence electrons. The van der Waals surface area contributed by atoms with E-state index < -0.39 is 0 Å². The minimum absolute atomic E-state index is 0.368. The number of hydrogen-bond donors (Lipinski definition) is 0. The molecule has 1 fully saturated rings. The largest absolute Gasteiger partial charge is 0.298 e. The lowest BCUT2D eigenvalue weighted by atomic mass is 10.1. The fraction of sp³-hybridized carbons (Fsp3) is 0.625. The van der Waals surface area contributed by atoms with Gasteiger partial charge in [-0.25, -0.2) is 0 Å². The van der Waals surface area contributed by atoms with Gasteiger partial charge in [0.1, 0.15) is 6.29 Å². The lowest BCUT2D eigenvalue weighted by Gasteiger charge is -1.99. The Morgan fingerprint density at radius 2 is 2.50 bits per heavy atom. The number of allylic oxidation sites excluding steroid dienone is 2. The van der Waals surface area contributed by atoms with E-state index in [1.807, 2.05) is 0 Å². The molecule has 10 heavy (non-hydrogen) atoms. The van der Waals surface area contributed by atoms with E-state index in [9.17, 15) is 4.79 Å². The second-order valence-electron chi connectivity index (χ2n) is 3.57. The molecule has 2 aliphatic rings. The summed E-state index contributed by atoms with van der Waals surface area (Å²) in [5, 5.41) is 0.800. The molecule has 0 saturated heterocycles. The highest BCUT2D eigenvalue weighted by Crippen LogP contribution is 2.65. The second kappa shape index (κ2) is 1.65. The molecule has 0 heterocycles. The molecule has 0 aliphatic heterocycles. The molecule has 2 atom stereocenters. The predicted molar refractivity (Wildman–Crippen MR) is 39.8 cm³/mol. The molecule has 1 saturated carbocycles. The summed E-state index contributed by atoms with van der Waals surface area (Å²) in [6.45, 7) is 2.19. The third kappa shape index (κ3) is 0.615. The Morgan fingerprint density at radius 1 is 1.80 bits per heavy atom. The van der Waals surface area contributed by atoms with E-state index in [1.165, 1.54) is 0 Å². The maximum absolute atomic E-state index is 10.5. The number of rotatable bonds is 1. The van der Waals surface area contributed by atoms with E-state index in [0.717, 1.165) is 29.7 Å². The zero-order valence-corrected chi connectivity index (χ0v) is 6.61. The molecule has 0 amide bonds. The van der Waals surface area contributed by atoms with Crippen molar-refractivity contribution < 1.29 is 4.79 Å². The third-order valence-corrected chi connectivity index (χ3v) is 3.08. The van der Waals surface area contributed by atoms with Crippen molar-refractivity contribution in [2.45, 2.75) is 19.8 Å². The van der Waals surface area contributed by atoms with Crippen LogP contribution in [0.1, 0.15) is 19.8 Å². The average molecular weight is 157 g/mol. The summed E-state index contributed by atoms with van der Waals surface area (Å²) in [6.07, 6.45) is 3.01. The minimum Gasteiger partial charge on any atom is -0.298 e. The van der Waals surface area contributed by atoms with Crippen LogP contribution in [0.15, 0.2) is 10.6 Å². The van der Waals surface area contributed by atoms with E-state index in [0.29, 0.717) is 11.3 Å². The molecule has 2 rings (SSSR count). The van der Waals surface area contributed by atoms with Crippen molar-refractivity contribution in [3.8, 4) is 0 Å². The van der Waals surface area contributed by atoms with Gasteiger partial charge in [-0.15, -0.1) is 0 Å². The SMILES string of the molecule is CC12CC(Cl)=C(C=O)C1C2. The van der Waals surface area contributed by atoms with E-state index in [1.54, 1.807) is 0 Å². The first kappa shape index (κ1) is 6.41. The van der Waals surface area contributed by atoms with E-state index in [-0.39, 0.29) is 0 Å². The zero-order valence-electron chi connectivity index (χ0n) is 5.86. The molecule has 2 heteroatoms. The van der Waals surface area contributed by atoms with Gasteiger partial charge in [0, 0.05) is 10.6 Å². The summed E-state index contributed by atoms with van der Waals surface area (Å²) in [4.78, 5) is 10.5. The number of fused-ring (bicyclic) bond motifs is 1. The Kier molecular flexibility index (Phi) is 1.06. The van der Waals surface area contributed by atoms with Crippen molar-refractivity contribution in [2.75, 3.05) is 0 Å². The standard InChI is InChI=1S/C8H9ClO/c1-8-2-6(8)5(4-10)7(9)3-8/h4,6H,2-3H2,1H3. The molecular weight excluding hydrogens is 148 g/mol. The van der Waals surface area contributed by atoms with Crippen LogP contribution in [0.5, 0.6) is 0 Å². The number of carbonyl (C=O) groups excluding carboxylic acids is 1. The quantitative estimate of drug-likeness (QED) is 0.532. The second-order valence-corrected chi connectivity index (χ2v) is 4.02. The van der Waals surface area contributed by atoms with Gasteiger partial charge >= 0.3 is 0 Å². The summed E-state index contributed by atoms with van der Waals surface area (Å²) < 4.78 is 0. The zero-order chi connectivity index (χ0) is 7.35. The number of aldehydes is 1. The van der Waals surface area contributed by atoms with Crippen molar-refractivity contribution in [3.05, 3.63) is 10.6 Å². The third-order valence-electron chi connectivity index (χ3n) is 2.73. The Balaban J connectivity index is 2.32. The molecule has 2 unspecified atom stereocenters. The summed E-state index contributed by atoms with van der Waals surface area (Å²) in [7, 11) is 0. The molecule has 2 aliphatic carbocycles. The molecule has 0 radical (unpaired) electrons. The van der Waals surface area contributed by atoms with Crippen LogP contribution in [-0.2, 0) is 4.79 Å². The smallest absolute Gasteiger partial charge is 0.147 e. The fourth-order valence-electron chi connectivity index (χ4n) is 1.88. The molecule has 0 aromatic rings. The maximum Gasteiger partial charge on any atom is 0.147 e. The first-order valence-electron chi connectivity index (χ1n) is 3.51. The maximum atomic E-state index is 10.5. The molecule has 0 aromatic carbocycles. The summed E-state index contributed by atoms with van der Waals surface area (Å²) in [5.41, 5.74) is 1.23. The summed E-state index contributed by atoms with van der Waals surface area (Å²) in [5.74, 6) is 0.498.